The molecule has 0 spiro atoms. The second kappa shape index (κ2) is 13.3. The van der Waals surface area contributed by atoms with Crippen LogP contribution in [0.3, 0.4) is 0 Å². The van der Waals surface area contributed by atoms with Gasteiger partial charge in [-0.3, -0.25) is 0 Å². The molecule has 25 heavy (non-hydrogen) atoms. The average Bonchev–Trinajstić information content (AvgIpc) is 2.66. The number of benzene rings is 1. The molecule has 3 nitrogen and oxygen atoms in total. The fourth-order valence-electron chi connectivity index (χ4n) is 1.94. The fourth-order valence-corrected chi connectivity index (χ4v) is 4.08. The first-order valence-corrected chi connectivity index (χ1v) is 10.4. The van der Waals surface area contributed by atoms with Crippen molar-refractivity contribution in [1.29, 1.82) is 0 Å². The van der Waals surface area contributed by atoms with E-state index in [1.165, 1.54) is 0 Å². The second-order valence-electron chi connectivity index (χ2n) is 4.91. The summed E-state index contributed by atoms with van der Waals surface area (Å²) in [5.74, 6) is 18.0. The Bertz CT molecular complexity index is 601. The highest BCUT2D eigenvalue weighted by Crippen LogP contribution is 2.11. The predicted octanol–water partition coefficient (Wildman–Crippen LogP) is 3.12. The van der Waals surface area contributed by atoms with E-state index in [2.05, 4.69) is 35.5 Å². The fraction of sp³-hybridized carbons (Fsp3) is 0.429. The predicted molar refractivity (Wildman–Crippen MR) is 104 cm³/mol. The van der Waals surface area contributed by atoms with E-state index >= 15 is 0 Å². The normalized spacial score (nSPS) is 9.88. The van der Waals surface area contributed by atoms with Crippen LogP contribution in [0.1, 0.15) is 40.0 Å². The lowest BCUT2D eigenvalue weighted by Crippen LogP contribution is -2.57. The van der Waals surface area contributed by atoms with Crippen LogP contribution in [0.5, 0.6) is 0 Å². The summed E-state index contributed by atoms with van der Waals surface area (Å²) in [4.78, 5) is 0. The van der Waals surface area contributed by atoms with Crippen molar-refractivity contribution in [3.8, 4) is 35.5 Å². The summed E-state index contributed by atoms with van der Waals surface area (Å²) in [5.41, 5.74) is 0. The standard InChI is InChI=1S/C21H26O3Si/c1-4-7-13-18-22-25(23-19-14-8-5-2,24-20-15-9-6-3)21-16-11-10-12-17-21/h10-12,16-17H,4-6,18-20H2,1-3H3. The van der Waals surface area contributed by atoms with Crippen LogP contribution in [0.25, 0.3) is 0 Å². The Hall–Kier alpha value is -2.00. The molecule has 1 rings (SSSR count). The first kappa shape index (κ1) is 21.0. The highest BCUT2D eigenvalue weighted by molar-refractivity contribution is 6.75. The zero-order valence-electron chi connectivity index (χ0n) is 15.4. The molecule has 0 radical (unpaired) electrons. The van der Waals surface area contributed by atoms with Gasteiger partial charge in [-0.15, -0.1) is 17.8 Å². The van der Waals surface area contributed by atoms with Crippen molar-refractivity contribution in [3.63, 3.8) is 0 Å². The molecule has 0 fully saturated rings. The van der Waals surface area contributed by atoms with Crippen LogP contribution in [-0.2, 0) is 13.3 Å². The van der Waals surface area contributed by atoms with Gasteiger partial charge in [-0.25, -0.2) is 0 Å². The smallest absolute Gasteiger partial charge is 0.358 e. The molecule has 0 bridgehead atoms. The highest BCUT2D eigenvalue weighted by Gasteiger charge is 2.43. The quantitative estimate of drug-likeness (QED) is 0.556. The van der Waals surface area contributed by atoms with E-state index < -0.39 is 8.80 Å². The van der Waals surface area contributed by atoms with E-state index in [9.17, 15) is 0 Å². The van der Waals surface area contributed by atoms with Crippen LogP contribution in [-0.4, -0.2) is 28.6 Å². The number of hydrogen-bond acceptors (Lipinski definition) is 3. The van der Waals surface area contributed by atoms with Gasteiger partial charge < -0.3 is 13.3 Å². The van der Waals surface area contributed by atoms with Gasteiger partial charge in [-0.1, -0.05) is 68.9 Å². The maximum atomic E-state index is 6.06. The van der Waals surface area contributed by atoms with Gasteiger partial charge in [0.15, 0.2) is 0 Å². The molecule has 4 heteroatoms. The number of hydrogen-bond donors (Lipinski definition) is 0. The van der Waals surface area contributed by atoms with Crippen molar-refractivity contribution >= 4 is 14.0 Å². The lowest BCUT2D eigenvalue weighted by Gasteiger charge is -2.27. The van der Waals surface area contributed by atoms with Gasteiger partial charge in [0.25, 0.3) is 0 Å². The maximum Gasteiger partial charge on any atom is 0.539 e. The van der Waals surface area contributed by atoms with Crippen molar-refractivity contribution < 1.29 is 13.3 Å². The van der Waals surface area contributed by atoms with Crippen molar-refractivity contribution in [3.05, 3.63) is 30.3 Å². The van der Waals surface area contributed by atoms with Gasteiger partial charge >= 0.3 is 8.80 Å². The molecule has 0 saturated heterocycles. The minimum Gasteiger partial charge on any atom is -0.358 e. The molecule has 0 aromatic heterocycles. The molecule has 132 valence electrons. The van der Waals surface area contributed by atoms with Crippen LogP contribution in [0, 0.1) is 35.5 Å². The molecule has 0 atom stereocenters. The van der Waals surface area contributed by atoms with Crippen molar-refractivity contribution in [2.24, 2.45) is 0 Å². The Morgan fingerprint density at radius 1 is 0.640 bits per heavy atom. The third-order valence-corrected chi connectivity index (χ3v) is 5.65. The lowest BCUT2D eigenvalue weighted by molar-refractivity contribution is 0.106. The largest absolute Gasteiger partial charge is 0.539 e. The van der Waals surface area contributed by atoms with E-state index in [1.807, 2.05) is 51.1 Å². The first-order valence-electron chi connectivity index (χ1n) is 8.63. The molecule has 0 aliphatic rings. The van der Waals surface area contributed by atoms with Crippen LogP contribution < -0.4 is 5.19 Å². The summed E-state index contributed by atoms with van der Waals surface area (Å²) in [7, 11) is -3.13. The van der Waals surface area contributed by atoms with E-state index in [-0.39, 0.29) is 19.8 Å². The summed E-state index contributed by atoms with van der Waals surface area (Å²) < 4.78 is 18.2. The third kappa shape index (κ3) is 8.08. The molecular weight excluding hydrogens is 328 g/mol. The molecule has 1 aromatic rings. The van der Waals surface area contributed by atoms with Gasteiger partial charge in [0.05, 0.1) is 0 Å². The minimum absolute atomic E-state index is 0.261. The van der Waals surface area contributed by atoms with Crippen molar-refractivity contribution in [2.75, 3.05) is 19.8 Å². The first-order chi connectivity index (χ1) is 12.3. The minimum atomic E-state index is -3.13. The Morgan fingerprint density at radius 2 is 1.04 bits per heavy atom. The highest BCUT2D eigenvalue weighted by atomic mass is 28.4. The molecule has 0 amide bonds. The summed E-state index contributed by atoms with van der Waals surface area (Å²) in [6, 6.07) is 9.76. The SMILES string of the molecule is CCC#CCO[Si](OCC#CCC)(OCC#CCC)c1ccccc1. The van der Waals surface area contributed by atoms with E-state index in [4.69, 9.17) is 13.3 Å². The molecule has 0 saturated carbocycles. The van der Waals surface area contributed by atoms with Gasteiger partial charge in [0.1, 0.15) is 19.8 Å². The molecule has 0 heterocycles. The Kier molecular flexibility index (Phi) is 11.2. The molecule has 0 aliphatic carbocycles. The van der Waals surface area contributed by atoms with Crippen LogP contribution in [0.15, 0.2) is 30.3 Å². The maximum absolute atomic E-state index is 6.06. The van der Waals surface area contributed by atoms with Crippen molar-refractivity contribution in [2.45, 2.75) is 40.0 Å². The van der Waals surface area contributed by atoms with E-state index in [0.717, 1.165) is 24.4 Å². The molecule has 0 N–H and O–H groups in total. The monoisotopic (exact) mass is 354 g/mol. The Morgan fingerprint density at radius 3 is 1.40 bits per heavy atom. The average molecular weight is 355 g/mol. The summed E-state index contributed by atoms with van der Waals surface area (Å²) in [6.45, 7) is 6.79. The lowest BCUT2D eigenvalue weighted by atomic mass is 10.4. The van der Waals surface area contributed by atoms with Crippen molar-refractivity contribution in [1.82, 2.24) is 0 Å². The zero-order valence-corrected chi connectivity index (χ0v) is 16.4. The van der Waals surface area contributed by atoms with Crippen LogP contribution in [0.2, 0.25) is 0 Å². The second-order valence-corrected chi connectivity index (χ2v) is 7.47. The van der Waals surface area contributed by atoms with Crippen LogP contribution >= 0.6 is 0 Å². The van der Waals surface area contributed by atoms with Gasteiger partial charge in [0.2, 0.25) is 0 Å². The van der Waals surface area contributed by atoms with E-state index in [1.54, 1.807) is 0 Å². The van der Waals surface area contributed by atoms with E-state index in [0.29, 0.717) is 0 Å². The van der Waals surface area contributed by atoms with Gasteiger partial charge in [0, 0.05) is 24.4 Å². The summed E-state index contributed by atoms with van der Waals surface area (Å²) in [6.07, 6.45) is 2.36. The summed E-state index contributed by atoms with van der Waals surface area (Å²) in [5, 5.41) is 0.893. The number of rotatable bonds is 7. The van der Waals surface area contributed by atoms with Gasteiger partial charge in [-0.2, -0.15) is 0 Å². The Labute approximate surface area is 153 Å². The summed E-state index contributed by atoms with van der Waals surface area (Å²) >= 11 is 0. The molecular formula is C21H26O3Si. The molecule has 0 aliphatic heterocycles. The Balaban J connectivity index is 3.05. The third-order valence-electron chi connectivity index (χ3n) is 3.04. The molecule has 1 aromatic carbocycles. The topological polar surface area (TPSA) is 27.7 Å². The molecule has 0 unspecified atom stereocenters. The zero-order chi connectivity index (χ0) is 18.2. The van der Waals surface area contributed by atoms with Gasteiger partial charge in [-0.05, 0) is 0 Å². The van der Waals surface area contributed by atoms with Crippen LogP contribution in [0.4, 0.5) is 0 Å².